The summed E-state index contributed by atoms with van der Waals surface area (Å²) in [6.45, 7) is 9.38. The van der Waals surface area contributed by atoms with Gasteiger partial charge in [0.05, 0.1) is 11.5 Å². The molecule has 206 valence electrons. The van der Waals surface area contributed by atoms with Gasteiger partial charge in [-0.05, 0) is 50.1 Å². The summed E-state index contributed by atoms with van der Waals surface area (Å²) >= 11 is 0. The molecule has 2 aliphatic heterocycles. The summed E-state index contributed by atoms with van der Waals surface area (Å²) in [6.07, 6.45) is -0.605. The molecule has 2 saturated heterocycles. The predicted molar refractivity (Wildman–Crippen MR) is 136 cm³/mol. The molecule has 2 heterocycles. The number of rotatable bonds is 3. The zero-order chi connectivity index (χ0) is 28.0. The minimum absolute atomic E-state index is 0.0245. The molecule has 2 amide bonds. The fourth-order valence-corrected chi connectivity index (χ4v) is 5.85. The largest absolute Gasteiger partial charge is 0.444 e. The summed E-state index contributed by atoms with van der Waals surface area (Å²) in [5, 5.41) is 11.6. The highest BCUT2D eigenvalue weighted by Crippen LogP contribution is 2.43. The molecule has 0 radical (unpaired) electrons. The van der Waals surface area contributed by atoms with E-state index in [1.807, 2.05) is 13.8 Å². The van der Waals surface area contributed by atoms with Crippen LogP contribution in [-0.2, 0) is 15.1 Å². The minimum atomic E-state index is -1.27. The van der Waals surface area contributed by atoms with E-state index in [-0.39, 0.29) is 49.5 Å². The zero-order valence-electron chi connectivity index (χ0n) is 22.4. The normalized spacial score (nSPS) is 27.9. The van der Waals surface area contributed by atoms with E-state index in [0.717, 1.165) is 12.1 Å². The van der Waals surface area contributed by atoms with Gasteiger partial charge in [0.1, 0.15) is 23.1 Å². The van der Waals surface area contributed by atoms with Crippen molar-refractivity contribution in [2.45, 2.75) is 51.7 Å². The second-order valence-electron chi connectivity index (χ2n) is 11.6. The summed E-state index contributed by atoms with van der Waals surface area (Å²) in [5.74, 6) is -4.42. The maximum atomic E-state index is 14.9. The van der Waals surface area contributed by atoms with Crippen molar-refractivity contribution in [3.05, 3.63) is 71.0 Å². The van der Waals surface area contributed by atoms with Gasteiger partial charge < -0.3 is 19.6 Å². The van der Waals surface area contributed by atoms with Crippen LogP contribution in [0, 0.1) is 35.2 Å². The number of amides is 2. The van der Waals surface area contributed by atoms with E-state index >= 15 is 0 Å². The number of benzene rings is 2. The number of hydrogen-bond acceptors (Lipinski definition) is 4. The molecule has 2 aromatic rings. The minimum Gasteiger partial charge on any atom is -0.444 e. The van der Waals surface area contributed by atoms with Crippen molar-refractivity contribution in [3.8, 4) is 0 Å². The molecular weight excluding hydrogens is 497 g/mol. The molecule has 0 saturated carbocycles. The molecule has 38 heavy (non-hydrogen) atoms. The van der Waals surface area contributed by atoms with Gasteiger partial charge in [0.2, 0.25) is 5.91 Å². The first kappa shape index (κ1) is 28.0. The van der Waals surface area contributed by atoms with Crippen molar-refractivity contribution < 1.29 is 32.6 Å². The number of carbonyl (C=O) groups excluding carboxylic acids is 2. The van der Waals surface area contributed by atoms with Crippen molar-refractivity contribution in [2.75, 3.05) is 26.2 Å². The molecule has 2 aromatic carbocycles. The summed E-state index contributed by atoms with van der Waals surface area (Å²) < 4.78 is 47.5. The maximum Gasteiger partial charge on any atom is 0.410 e. The number of carbonyl (C=O) groups is 2. The van der Waals surface area contributed by atoms with Crippen LogP contribution in [-0.4, -0.2) is 58.7 Å². The number of halogens is 3. The Hall–Kier alpha value is -3.07. The number of ether oxygens (including phenoxy) is 1. The first-order chi connectivity index (χ1) is 17.7. The third-order valence-corrected chi connectivity index (χ3v) is 7.76. The van der Waals surface area contributed by atoms with Crippen molar-refractivity contribution in [1.82, 2.24) is 9.80 Å². The van der Waals surface area contributed by atoms with Crippen LogP contribution in [0.15, 0.2) is 42.5 Å². The molecule has 2 fully saturated rings. The molecule has 0 aromatic heterocycles. The molecule has 5 atom stereocenters. The number of hydrogen-bond donors (Lipinski definition) is 1. The molecule has 0 aliphatic carbocycles. The first-order valence-corrected chi connectivity index (χ1v) is 12.9. The highest BCUT2D eigenvalue weighted by molar-refractivity contribution is 5.82. The molecule has 0 spiro atoms. The van der Waals surface area contributed by atoms with Crippen LogP contribution in [0.5, 0.6) is 0 Å². The highest BCUT2D eigenvalue weighted by Gasteiger charge is 2.50. The summed E-state index contributed by atoms with van der Waals surface area (Å²) in [7, 11) is 0. The molecule has 6 nitrogen and oxygen atoms in total. The van der Waals surface area contributed by atoms with Gasteiger partial charge in [-0.15, -0.1) is 0 Å². The van der Waals surface area contributed by atoms with Gasteiger partial charge in [0.15, 0.2) is 0 Å². The van der Waals surface area contributed by atoms with Gasteiger partial charge in [-0.25, -0.2) is 18.0 Å². The second kappa shape index (κ2) is 10.2. The fourth-order valence-electron chi connectivity index (χ4n) is 5.85. The van der Waals surface area contributed by atoms with Gasteiger partial charge in [0.25, 0.3) is 0 Å². The Morgan fingerprint density at radius 2 is 1.47 bits per heavy atom. The van der Waals surface area contributed by atoms with Crippen LogP contribution in [0.2, 0.25) is 0 Å². The van der Waals surface area contributed by atoms with Crippen LogP contribution in [0.3, 0.4) is 0 Å². The predicted octanol–water partition coefficient (Wildman–Crippen LogP) is 5.06. The van der Waals surface area contributed by atoms with E-state index < -0.39 is 46.6 Å². The number of nitrogens with zero attached hydrogens (tertiary/aromatic N) is 2. The SMILES string of the molecule is CC1CN(C(=O)[C@@H]2CN(C(=O)OC(C)(C)C)C[C@H]2c2ccc(F)cc2F)C[C@@H](C)C1(O)c1ccc(F)cc1. The average Bonchev–Trinajstić information content (AvgIpc) is 3.26. The lowest BCUT2D eigenvalue weighted by molar-refractivity contribution is -0.152. The lowest BCUT2D eigenvalue weighted by Crippen LogP contribution is -2.57. The zero-order valence-corrected chi connectivity index (χ0v) is 22.4. The summed E-state index contributed by atoms with van der Waals surface area (Å²) in [6, 6.07) is 8.96. The van der Waals surface area contributed by atoms with Gasteiger partial charge in [-0.1, -0.05) is 32.0 Å². The Morgan fingerprint density at radius 1 is 0.895 bits per heavy atom. The van der Waals surface area contributed by atoms with E-state index in [1.54, 1.807) is 37.8 Å². The van der Waals surface area contributed by atoms with Crippen molar-refractivity contribution in [2.24, 2.45) is 17.8 Å². The van der Waals surface area contributed by atoms with Gasteiger partial charge in [0, 0.05) is 50.0 Å². The van der Waals surface area contributed by atoms with Crippen LogP contribution in [0.1, 0.15) is 51.7 Å². The van der Waals surface area contributed by atoms with Crippen LogP contribution >= 0.6 is 0 Å². The summed E-state index contributed by atoms with van der Waals surface area (Å²) in [5.41, 5.74) is -1.28. The Labute approximate surface area is 221 Å². The van der Waals surface area contributed by atoms with Crippen LogP contribution in [0.4, 0.5) is 18.0 Å². The van der Waals surface area contributed by atoms with Crippen molar-refractivity contribution >= 4 is 12.0 Å². The van der Waals surface area contributed by atoms with Crippen molar-refractivity contribution in [1.29, 1.82) is 0 Å². The average molecular weight is 533 g/mol. The van der Waals surface area contributed by atoms with Gasteiger partial charge >= 0.3 is 6.09 Å². The fraction of sp³-hybridized carbons (Fsp3) is 0.517. The highest BCUT2D eigenvalue weighted by atomic mass is 19.1. The third kappa shape index (κ3) is 5.39. The number of likely N-dealkylation sites (tertiary alicyclic amines) is 2. The topological polar surface area (TPSA) is 70.1 Å². The number of aliphatic hydroxyl groups is 1. The van der Waals surface area contributed by atoms with Crippen molar-refractivity contribution in [3.63, 3.8) is 0 Å². The molecule has 2 aliphatic rings. The monoisotopic (exact) mass is 532 g/mol. The lowest BCUT2D eigenvalue weighted by Gasteiger charge is -2.48. The smallest absolute Gasteiger partial charge is 0.410 e. The second-order valence-corrected chi connectivity index (χ2v) is 11.6. The molecule has 4 rings (SSSR count). The Balaban J connectivity index is 1.60. The van der Waals surface area contributed by atoms with Crippen LogP contribution in [0.25, 0.3) is 0 Å². The van der Waals surface area contributed by atoms with Gasteiger partial charge in [-0.3, -0.25) is 4.79 Å². The van der Waals surface area contributed by atoms with E-state index in [9.17, 15) is 27.9 Å². The molecule has 9 heteroatoms. The third-order valence-electron chi connectivity index (χ3n) is 7.76. The van der Waals surface area contributed by atoms with Gasteiger partial charge in [-0.2, -0.15) is 0 Å². The van der Waals surface area contributed by atoms with Crippen LogP contribution < -0.4 is 0 Å². The molecule has 2 unspecified atom stereocenters. The summed E-state index contributed by atoms with van der Waals surface area (Å²) in [4.78, 5) is 29.8. The Morgan fingerprint density at radius 3 is 2.03 bits per heavy atom. The molecule has 1 N–H and O–H groups in total. The Bertz CT molecular complexity index is 1190. The quantitative estimate of drug-likeness (QED) is 0.600. The van der Waals surface area contributed by atoms with E-state index in [4.69, 9.17) is 4.74 Å². The first-order valence-electron chi connectivity index (χ1n) is 12.9. The molecule has 0 bridgehead atoms. The van der Waals surface area contributed by atoms with E-state index in [1.165, 1.54) is 23.1 Å². The maximum absolute atomic E-state index is 14.9. The molecular formula is C29H35F3N2O4. The standard InChI is InChI=1S/C29H35F3N2O4/c1-17-13-33(14-18(2)29(17,37)19-6-8-20(30)9-7-19)26(35)24-16-34(27(36)38-28(3,4)5)15-23(24)22-11-10-21(31)12-25(22)32/h6-12,17-18,23-24,37H,13-16H2,1-5H3/t17-,18?,23+,24-,29?/m1/s1. The Kier molecular flexibility index (Phi) is 7.54. The number of piperidine rings is 1. The lowest BCUT2D eigenvalue weighted by atomic mass is 9.70. The van der Waals surface area contributed by atoms with E-state index in [0.29, 0.717) is 5.56 Å². The van der Waals surface area contributed by atoms with E-state index in [2.05, 4.69) is 0 Å².